The van der Waals surface area contributed by atoms with Gasteiger partial charge < -0.3 is 10.2 Å². The largest absolute Gasteiger partial charge is 0.342 e. The number of carbonyl (C=O) groups excluding carboxylic acids is 2. The van der Waals surface area contributed by atoms with Gasteiger partial charge in [0.2, 0.25) is 11.8 Å². The van der Waals surface area contributed by atoms with E-state index < -0.39 is 5.54 Å². The molecule has 96 valence electrons. The Morgan fingerprint density at radius 3 is 2.47 bits per heavy atom. The monoisotopic (exact) mass is 238 g/mol. The number of rotatable bonds is 4. The van der Waals surface area contributed by atoms with Gasteiger partial charge in [-0.15, -0.1) is 0 Å². The molecule has 1 heterocycles. The first-order chi connectivity index (χ1) is 7.95. The van der Waals surface area contributed by atoms with Crippen molar-refractivity contribution in [2.24, 2.45) is 0 Å². The van der Waals surface area contributed by atoms with E-state index in [4.69, 9.17) is 0 Å². The lowest BCUT2D eigenvalue weighted by atomic mass is 9.91. The summed E-state index contributed by atoms with van der Waals surface area (Å²) < 4.78 is 0. The molecular weight excluding hydrogens is 216 g/mol. The molecule has 0 unspecified atom stereocenters. The van der Waals surface area contributed by atoms with Crippen LogP contribution >= 0.6 is 0 Å². The van der Waals surface area contributed by atoms with Crippen molar-refractivity contribution in [1.82, 2.24) is 10.2 Å². The second-order valence-electron chi connectivity index (χ2n) is 4.77. The van der Waals surface area contributed by atoms with Crippen molar-refractivity contribution in [3.8, 4) is 0 Å². The van der Waals surface area contributed by atoms with Gasteiger partial charge in [0.05, 0.1) is 0 Å². The minimum atomic E-state index is -0.719. The fourth-order valence-electron chi connectivity index (χ4n) is 2.23. The Hall–Kier alpha value is -1.32. The van der Waals surface area contributed by atoms with Gasteiger partial charge in [-0.3, -0.25) is 9.59 Å². The predicted molar refractivity (Wildman–Crippen MR) is 67.5 cm³/mol. The molecule has 0 atom stereocenters. The van der Waals surface area contributed by atoms with Crippen LogP contribution < -0.4 is 5.32 Å². The lowest BCUT2D eigenvalue weighted by Gasteiger charge is -2.33. The zero-order valence-electron chi connectivity index (χ0n) is 11.0. The van der Waals surface area contributed by atoms with Crippen LogP contribution in [-0.4, -0.2) is 35.3 Å². The Morgan fingerprint density at radius 1 is 1.41 bits per heavy atom. The van der Waals surface area contributed by atoms with Crippen molar-refractivity contribution in [2.75, 3.05) is 13.1 Å². The normalized spacial score (nSPS) is 19.8. The zero-order chi connectivity index (χ0) is 13.1. The molecule has 0 aromatic rings. The van der Waals surface area contributed by atoms with Crippen LogP contribution in [0.4, 0.5) is 0 Å². The van der Waals surface area contributed by atoms with Crippen molar-refractivity contribution < 1.29 is 9.59 Å². The third-order valence-corrected chi connectivity index (χ3v) is 3.35. The summed E-state index contributed by atoms with van der Waals surface area (Å²) in [5.74, 6) is -0.0115. The Labute approximate surface area is 103 Å². The maximum Gasteiger partial charge on any atom is 0.248 e. The minimum Gasteiger partial charge on any atom is -0.342 e. The zero-order valence-corrected chi connectivity index (χ0v) is 11.0. The molecule has 1 rings (SSSR count). The molecular formula is C13H22N2O2. The first-order valence-electron chi connectivity index (χ1n) is 6.20. The highest BCUT2D eigenvalue weighted by Gasteiger charge is 2.41. The van der Waals surface area contributed by atoms with Gasteiger partial charge >= 0.3 is 0 Å². The van der Waals surface area contributed by atoms with Crippen molar-refractivity contribution in [3.05, 3.63) is 12.2 Å². The summed E-state index contributed by atoms with van der Waals surface area (Å²) in [7, 11) is 0. The maximum absolute atomic E-state index is 12.5. The summed E-state index contributed by atoms with van der Waals surface area (Å²) in [4.78, 5) is 25.9. The van der Waals surface area contributed by atoms with Gasteiger partial charge in [-0.25, -0.2) is 0 Å². The summed E-state index contributed by atoms with van der Waals surface area (Å²) in [5, 5.41) is 2.88. The maximum atomic E-state index is 12.5. The summed E-state index contributed by atoms with van der Waals surface area (Å²) in [5.41, 5.74) is 0.219. The van der Waals surface area contributed by atoms with Crippen LogP contribution in [0, 0.1) is 0 Å². The van der Waals surface area contributed by atoms with Crippen molar-refractivity contribution in [2.45, 2.75) is 45.6 Å². The molecule has 0 aromatic heterocycles. The van der Waals surface area contributed by atoms with E-state index in [1.54, 1.807) is 4.90 Å². The molecule has 1 fully saturated rings. The second-order valence-corrected chi connectivity index (χ2v) is 4.77. The molecule has 4 heteroatoms. The third kappa shape index (κ3) is 2.87. The molecule has 1 aliphatic heterocycles. The van der Waals surface area contributed by atoms with Gasteiger partial charge in [0, 0.05) is 19.5 Å². The van der Waals surface area contributed by atoms with E-state index in [0.29, 0.717) is 32.4 Å². The van der Waals surface area contributed by atoms with Crippen molar-refractivity contribution in [1.29, 1.82) is 0 Å². The molecule has 2 amide bonds. The molecule has 0 saturated carbocycles. The van der Waals surface area contributed by atoms with Crippen LogP contribution in [0.3, 0.4) is 0 Å². The number of amides is 2. The number of hydrogen-bond donors (Lipinski definition) is 1. The van der Waals surface area contributed by atoms with E-state index in [1.165, 1.54) is 0 Å². The van der Waals surface area contributed by atoms with E-state index in [9.17, 15) is 9.59 Å². The van der Waals surface area contributed by atoms with E-state index in [-0.39, 0.29) is 11.8 Å². The van der Waals surface area contributed by atoms with Crippen LogP contribution in [-0.2, 0) is 9.59 Å². The average Bonchev–Trinajstić information content (AvgIpc) is 2.40. The fraction of sp³-hybridized carbons (Fsp3) is 0.692. The van der Waals surface area contributed by atoms with Crippen LogP contribution in [0.15, 0.2) is 12.2 Å². The van der Waals surface area contributed by atoms with Crippen molar-refractivity contribution in [3.63, 3.8) is 0 Å². The molecule has 1 N–H and O–H groups in total. The van der Waals surface area contributed by atoms with E-state index >= 15 is 0 Å². The Kier molecular flexibility index (Phi) is 4.32. The van der Waals surface area contributed by atoms with Crippen molar-refractivity contribution >= 4 is 11.8 Å². The van der Waals surface area contributed by atoms with Gasteiger partial charge in [0.15, 0.2) is 0 Å². The summed E-state index contributed by atoms with van der Waals surface area (Å²) in [6.45, 7) is 10.6. The molecule has 1 saturated heterocycles. The standard InChI is InChI=1S/C13H22N2O2/c1-5-13(6-2)12(17)15(9-10(3)4)8-7-11(16)14-13/h3,5-9H2,1-2,4H3,(H,14,16). The van der Waals surface area contributed by atoms with Gasteiger partial charge in [-0.1, -0.05) is 26.0 Å². The smallest absolute Gasteiger partial charge is 0.248 e. The lowest BCUT2D eigenvalue weighted by Crippen LogP contribution is -2.56. The molecule has 0 aromatic carbocycles. The highest BCUT2D eigenvalue weighted by molar-refractivity contribution is 5.93. The number of hydrogen-bond acceptors (Lipinski definition) is 2. The molecule has 0 spiro atoms. The van der Waals surface area contributed by atoms with Crippen LogP contribution in [0.25, 0.3) is 0 Å². The minimum absolute atomic E-state index is 0.0244. The molecule has 0 radical (unpaired) electrons. The summed E-state index contributed by atoms with van der Waals surface area (Å²) >= 11 is 0. The molecule has 0 aliphatic carbocycles. The fourth-order valence-corrected chi connectivity index (χ4v) is 2.23. The van der Waals surface area contributed by atoms with Crippen LogP contribution in [0.1, 0.15) is 40.0 Å². The highest BCUT2D eigenvalue weighted by atomic mass is 16.2. The average molecular weight is 238 g/mol. The summed E-state index contributed by atoms with van der Waals surface area (Å²) in [6, 6.07) is 0. The molecule has 1 aliphatic rings. The first-order valence-corrected chi connectivity index (χ1v) is 6.20. The predicted octanol–water partition coefficient (Wildman–Crippen LogP) is 1.47. The van der Waals surface area contributed by atoms with Gasteiger partial charge in [0.25, 0.3) is 0 Å². The van der Waals surface area contributed by atoms with E-state index in [1.807, 2.05) is 20.8 Å². The Balaban J connectivity index is 3.00. The molecule has 17 heavy (non-hydrogen) atoms. The van der Waals surface area contributed by atoms with Gasteiger partial charge in [-0.05, 0) is 19.8 Å². The number of carbonyl (C=O) groups is 2. The Bertz CT molecular complexity index is 332. The highest BCUT2D eigenvalue weighted by Crippen LogP contribution is 2.22. The van der Waals surface area contributed by atoms with E-state index in [0.717, 1.165) is 5.57 Å². The van der Waals surface area contributed by atoms with Gasteiger partial charge in [-0.2, -0.15) is 0 Å². The number of nitrogens with one attached hydrogen (secondary N) is 1. The quantitative estimate of drug-likeness (QED) is 0.754. The number of nitrogens with zero attached hydrogens (tertiary/aromatic N) is 1. The van der Waals surface area contributed by atoms with Gasteiger partial charge in [0.1, 0.15) is 5.54 Å². The topological polar surface area (TPSA) is 49.4 Å². The summed E-state index contributed by atoms with van der Waals surface area (Å²) in [6.07, 6.45) is 1.63. The van der Waals surface area contributed by atoms with Crippen LogP contribution in [0.2, 0.25) is 0 Å². The van der Waals surface area contributed by atoms with E-state index in [2.05, 4.69) is 11.9 Å². The third-order valence-electron chi connectivity index (χ3n) is 3.35. The molecule has 4 nitrogen and oxygen atoms in total. The van der Waals surface area contributed by atoms with Crippen LogP contribution in [0.5, 0.6) is 0 Å². The SMILES string of the molecule is C=C(C)CN1CCC(=O)NC(CC)(CC)C1=O. The Morgan fingerprint density at radius 2 is 2.00 bits per heavy atom. The second kappa shape index (κ2) is 5.34. The first kappa shape index (κ1) is 13.7. The lowest BCUT2D eigenvalue weighted by molar-refractivity contribution is -0.138. The molecule has 0 bridgehead atoms.